The summed E-state index contributed by atoms with van der Waals surface area (Å²) in [5, 5.41) is 14.0. The van der Waals surface area contributed by atoms with Gasteiger partial charge in [0, 0.05) is 12.1 Å². The van der Waals surface area contributed by atoms with Gasteiger partial charge in [0.05, 0.1) is 23.8 Å². The number of ether oxygens (including phenoxy) is 1. The summed E-state index contributed by atoms with van der Waals surface area (Å²) < 4.78 is 19.1. The Morgan fingerprint density at radius 1 is 1.38 bits per heavy atom. The van der Waals surface area contributed by atoms with Crippen LogP contribution in [-0.4, -0.2) is 18.1 Å². The van der Waals surface area contributed by atoms with E-state index in [0.29, 0.717) is 11.8 Å². The summed E-state index contributed by atoms with van der Waals surface area (Å²) in [6, 6.07) is 2.47. The SMILES string of the molecule is COc1cc(NC2CCC(C)CC2C)c(F)cc1[N+](=O)[O-]. The van der Waals surface area contributed by atoms with E-state index >= 15 is 0 Å². The van der Waals surface area contributed by atoms with E-state index in [2.05, 4.69) is 19.2 Å². The van der Waals surface area contributed by atoms with Gasteiger partial charge in [-0.05, 0) is 31.1 Å². The zero-order chi connectivity index (χ0) is 15.6. The van der Waals surface area contributed by atoms with Crippen molar-refractivity contribution in [3.63, 3.8) is 0 Å². The number of methoxy groups -OCH3 is 1. The average Bonchev–Trinajstić information content (AvgIpc) is 2.43. The standard InChI is InChI=1S/C15H21FN2O3/c1-9-4-5-12(10(2)6-9)17-13-8-15(21-3)14(18(19)20)7-11(13)16/h7-10,12,17H,4-6H2,1-3H3. The highest BCUT2D eigenvalue weighted by molar-refractivity contribution is 5.59. The molecule has 0 heterocycles. The van der Waals surface area contributed by atoms with Gasteiger partial charge in [0.15, 0.2) is 11.6 Å². The number of benzene rings is 1. The first-order valence-corrected chi connectivity index (χ1v) is 7.20. The smallest absolute Gasteiger partial charge is 0.313 e. The molecule has 0 aliphatic heterocycles. The molecule has 1 aliphatic carbocycles. The fraction of sp³-hybridized carbons (Fsp3) is 0.600. The molecule has 0 bridgehead atoms. The van der Waals surface area contributed by atoms with E-state index < -0.39 is 10.7 Å². The van der Waals surface area contributed by atoms with Gasteiger partial charge < -0.3 is 10.1 Å². The lowest BCUT2D eigenvalue weighted by Gasteiger charge is -2.33. The molecule has 21 heavy (non-hydrogen) atoms. The molecule has 5 nitrogen and oxygen atoms in total. The van der Waals surface area contributed by atoms with Gasteiger partial charge in [0.25, 0.3) is 0 Å². The van der Waals surface area contributed by atoms with E-state index in [1.807, 2.05) is 0 Å². The molecule has 0 aromatic heterocycles. The minimum Gasteiger partial charge on any atom is -0.490 e. The molecule has 1 aromatic carbocycles. The van der Waals surface area contributed by atoms with Crippen molar-refractivity contribution < 1.29 is 14.1 Å². The number of nitrogens with zero attached hydrogens (tertiary/aromatic N) is 1. The molecule has 1 aromatic rings. The zero-order valence-electron chi connectivity index (χ0n) is 12.6. The largest absolute Gasteiger partial charge is 0.490 e. The minimum atomic E-state index is -0.642. The van der Waals surface area contributed by atoms with Gasteiger partial charge in [-0.15, -0.1) is 0 Å². The normalized spacial score (nSPS) is 25.4. The molecule has 0 amide bonds. The van der Waals surface area contributed by atoms with Gasteiger partial charge >= 0.3 is 5.69 Å². The minimum absolute atomic E-state index is 0.0701. The van der Waals surface area contributed by atoms with Crippen LogP contribution in [0, 0.1) is 27.8 Å². The molecule has 1 aliphatic rings. The first-order valence-electron chi connectivity index (χ1n) is 7.20. The monoisotopic (exact) mass is 296 g/mol. The molecular weight excluding hydrogens is 275 g/mol. The molecular formula is C15H21FN2O3. The van der Waals surface area contributed by atoms with Crippen LogP contribution in [0.25, 0.3) is 0 Å². The summed E-state index contributed by atoms with van der Waals surface area (Å²) >= 11 is 0. The Morgan fingerprint density at radius 3 is 2.67 bits per heavy atom. The lowest BCUT2D eigenvalue weighted by molar-refractivity contribution is -0.385. The van der Waals surface area contributed by atoms with Gasteiger partial charge in [-0.2, -0.15) is 0 Å². The van der Waals surface area contributed by atoms with E-state index in [-0.39, 0.29) is 23.2 Å². The Kier molecular flexibility index (Phi) is 4.65. The maximum atomic E-state index is 14.1. The van der Waals surface area contributed by atoms with Crippen LogP contribution < -0.4 is 10.1 Å². The molecule has 0 saturated heterocycles. The van der Waals surface area contributed by atoms with E-state index in [1.54, 1.807) is 0 Å². The molecule has 116 valence electrons. The van der Waals surface area contributed by atoms with Crippen LogP contribution in [0.3, 0.4) is 0 Å². The maximum Gasteiger partial charge on any atom is 0.313 e. The summed E-state index contributed by atoms with van der Waals surface area (Å²) in [6.07, 6.45) is 3.18. The van der Waals surface area contributed by atoms with Crippen LogP contribution in [0.5, 0.6) is 5.75 Å². The van der Waals surface area contributed by atoms with E-state index in [1.165, 1.54) is 13.2 Å². The first-order chi connectivity index (χ1) is 9.92. The molecule has 6 heteroatoms. The van der Waals surface area contributed by atoms with Crippen LogP contribution >= 0.6 is 0 Å². The second kappa shape index (κ2) is 6.28. The molecule has 0 radical (unpaired) electrons. The van der Waals surface area contributed by atoms with Crippen molar-refractivity contribution >= 4 is 11.4 Å². The lowest BCUT2D eigenvalue weighted by Crippen LogP contribution is -2.33. The van der Waals surface area contributed by atoms with Gasteiger partial charge in [-0.3, -0.25) is 10.1 Å². The molecule has 2 rings (SSSR count). The Bertz CT molecular complexity index is 536. The van der Waals surface area contributed by atoms with Crippen LogP contribution in [-0.2, 0) is 0 Å². The highest BCUT2D eigenvalue weighted by Crippen LogP contribution is 2.35. The average molecular weight is 296 g/mol. The number of nitrogens with one attached hydrogen (secondary N) is 1. The number of hydrogen-bond donors (Lipinski definition) is 1. The highest BCUT2D eigenvalue weighted by atomic mass is 19.1. The van der Waals surface area contributed by atoms with E-state index in [9.17, 15) is 14.5 Å². The molecule has 1 saturated carbocycles. The second-order valence-corrected chi connectivity index (χ2v) is 5.91. The lowest BCUT2D eigenvalue weighted by atomic mass is 9.80. The quantitative estimate of drug-likeness (QED) is 0.674. The predicted octanol–water partition coefficient (Wildman–Crippen LogP) is 3.98. The van der Waals surface area contributed by atoms with Gasteiger partial charge in [-0.25, -0.2) is 4.39 Å². The third kappa shape index (κ3) is 3.43. The Labute approximate surface area is 123 Å². The summed E-state index contributed by atoms with van der Waals surface area (Å²) in [6.45, 7) is 4.37. The fourth-order valence-electron chi connectivity index (χ4n) is 3.04. The van der Waals surface area contributed by atoms with Gasteiger partial charge in [-0.1, -0.05) is 13.8 Å². The number of anilines is 1. The van der Waals surface area contributed by atoms with Crippen molar-refractivity contribution in [3.8, 4) is 5.75 Å². The first kappa shape index (κ1) is 15.5. The highest BCUT2D eigenvalue weighted by Gasteiger charge is 2.27. The van der Waals surface area contributed by atoms with E-state index in [0.717, 1.165) is 25.3 Å². The van der Waals surface area contributed by atoms with Crippen molar-refractivity contribution in [1.82, 2.24) is 0 Å². The third-order valence-electron chi connectivity index (χ3n) is 4.24. The number of nitro groups is 1. The molecule has 1 fully saturated rings. The molecule has 3 atom stereocenters. The maximum absolute atomic E-state index is 14.1. The Morgan fingerprint density at radius 2 is 2.10 bits per heavy atom. The van der Waals surface area contributed by atoms with Gasteiger partial charge in [0.2, 0.25) is 0 Å². The van der Waals surface area contributed by atoms with Crippen LogP contribution in [0.1, 0.15) is 33.1 Å². The Hall–Kier alpha value is -1.85. The van der Waals surface area contributed by atoms with Crippen molar-refractivity contribution in [2.24, 2.45) is 11.8 Å². The van der Waals surface area contributed by atoms with Crippen molar-refractivity contribution in [2.75, 3.05) is 12.4 Å². The topological polar surface area (TPSA) is 64.4 Å². The number of halogens is 1. The van der Waals surface area contributed by atoms with Crippen molar-refractivity contribution in [3.05, 3.63) is 28.1 Å². The summed E-state index contributed by atoms with van der Waals surface area (Å²) in [7, 11) is 1.34. The molecule has 1 N–H and O–H groups in total. The Balaban J connectivity index is 2.22. The number of hydrogen-bond acceptors (Lipinski definition) is 4. The van der Waals surface area contributed by atoms with Crippen LogP contribution in [0.2, 0.25) is 0 Å². The summed E-state index contributed by atoms with van der Waals surface area (Å²) in [4.78, 5) is 10.2. The van der Waals surface area contributed by atoms with Gasteiger partial charge in [0.1, 0.15) is 0 Å². The van der Waals surface area contributed by atoms with Crippen molar-refractivity contribution in [1.29, 1.82) is 0 Å². The second-order valence-electron chi connectivity index (χ2n) is 5.91. The molecule has 0 spiro atoms. The van der Waals surface area contributed by atoms with Crippen LogP contribution in [0.15, 0.2) is 12.1 Å². The third-order valence-corrected chi connectivity index (χ3v) is 4.24. The number of nitro benzene ring substituents is 1. The molecule has 3 unspecified atom stereocenters. The summed E-state index contributed by atoms with van der Waals surface area (Å²) in [5.41, 5.74) is -0.0882. The number of rotatable bonds is 4. The summed E-state index contributed by atoms with van der Waals surface area (Å²) in [5.74, 6) is 0.581. The predicted molar refractivity (Wildman–Crippen MR) is 79.2 cm³/mol. The van der Waals surface area contributed by atoms with Crippen molar-refractivity contribution in [2.45, 2.75) is 39.2 Å². The zero-order valence-corrected chi connectivity index (χ0v) is 12.6. The fourth-order valence-corrected chi connectivity index (χ4v) is 3.04. The van der Waals surface area contributed by atoms with Crippen LogP contribution in [0.4, 0.5) is 15.8 Å². The van der Waals surface area contributed by atoms with E-state index in [4.69, 9.17) is 4.74 Å².